The van der Waals surface area contributed by atoms with Crippen molar-refractivity contribution in [2.24, 2.45) is 5.92 Å². The number of carbonyl (C=O) groups excluding carboxylic acids is 1. The fourth-order valence-corrected chi connectivity index (χ4v) is 3.24. The molecule has 2 aromatic rings. The Balaban J connectivity index is 1.65. The van der Waals surface area contributed by atoms with Crippen LogP contribution in [0.15, 0.2) is 42.5 Å². The molecule has 0 saturated heterocycles. The first-order valence-corrected chi connectivity index (χ1v) is 7.62. The van der Waals surface area contributed by atoms with Crippen molar-refractivity contribution in [2.75, 3.05) is 0 Å². The third kappa shape index (κ3) is 3.11. The van der Waals surface area contributed by atoms with E-state index in [2.05, 4.69) is 5.32 Å². The van der Waals surface area contributed by atoms with Crippen LogP contribution in [0.2, 0.25) is 0 Å². The second-order valence-corrected chi connectivity index (χ2v) is 5.93. The molecule has 114 valence electrons. The van der Waals surface area contributed by atoms with Crippen molar-refractivity contribution in [2.45, 2.75) is 31.7 Å². The first-order chi connectivity index (χ1) is 10.6. The van der Waals surface area contributed by atoms with Crippen molar-refractivity contribution in [3.8, 4) is 0 Å². The van der Waals surface area contributed by atoms with Crippen LogP contribution in [0.5, 0.6) is 0 Å². The summed E-state index contributed by atoms with van der Waals surface area (Å²) in [6.45, 7) is 0. The molecule has 0 bridgehead atoms. The van der Waals surface area contributed by atoms with Gasteiger partial charge in [-0.25, -0.2) is 0 Å². The predicted octanol–water partition coefficient (Wildman–Crippen LogP) is 2.75. The van der Waals surface area contributed by atoms with Crippen LogP contribution in [0.25, 0.3) is 10.8 Å². The lowest BCUT2D eigenvalue weighted by atomic mass is 10.0. The van der Waals surface area contributed by atoms with Gasteiger partial charge in [-0.05, 0) is 35.6 Å². The van der Waals surface area contributed by atoms with Crippen LogP contribution in [0.1, 0.15) is 24.8 Å². The Bertz CT molecular complexity index is 705. The SMILES string of the molecule is O=C(Cc1cccc2ccccc12)N[C@H]1CC[C@@H](C(=O)O)C1. The standard InChI is InChI=1S/C18H19NO3/c20-17(19-15-9-8-14(10-15)18(21)22)11-13-6-3-5-12-4-1-2-7-16(12)13/h1-7,14-15H,8-11H2,(H,19,20)(H,21,22)/t14-,15+/m1/s1. The van der Waals surface area contributed by atoms with E-state index in [1.165, 1.54) is 0 Å². The quantitative estimate of drug-likeness (QED) is 0.912. The molecule has 0 unspecified atom stereocenters. The molecule has 2 aromatic carbocycles. The number of rotatable bonds is 4. The Morgan fingerprint density at radius 1 is 1.09 bits per heavy atom. The second kappa shape index (κ2) is 6.18. The van der Waals surface area contributed by atoms with Crippen molar-refractivity contribution >= 4 is 22.6 Å². The average molecular weight is 297 g/mol. The molecule has 0 aliphatic heterocycles. The Labute approximate surface area is 129 Å². The minimum Gasteiger partial charge on any atom is -0.481 e. The number of carbonyl (C=O) groups is 2. The zero-order valence-corrected chi connectivity index (χ0v) is 12.3. The molecule has 1 aliphatic rings. The number of fused-ring (bicyclic) bond motifs is 1. The molecule has 0 heterocycles. The molecule has 22 heavy (non-hydrogen) atoms. The average Bonchev–Trinajstić information content (AvgIpc) is 2.96. The zero-order valence-electron chi connectivity index (χ0n) is 12.3. The summed E-state index contributed by atoms with van der Waals surface area (Å²) in [6.07, 6.45) is 2.26. The van der Waals surface area contributed by atoms with Crippen LogP contribution < -0.4 is 5.32 Å². The molecule has 1 fully saturated rings. The minimum atomic E-state index is -0.759. The maximum atomic E-state index is 12.2. The highest BCUT2D eigenvalue weighted by molar-refractivity contribution is 5.90. The van der Waals surface area contributed by atoms with E-state index in [4.69, 9.17) is 5.11 Å². The Hall–Kier alpha value is -2.36. The Kier molecular flexibility index (Phi) is 4.09. The minimum absolute atomic E-state index is 0.0106. The molecule has 1 amide bonds. The van der Waals surface area contributed by atoms with Gasteiger partial charge in [-0.2, -0.15) is 0 Å². The summed E-state index contributed by atoms with van der Waals surface area (Å²) < 4.78 is 0. The monoisotopic (exact) mass is 297 g/mol. The molecule has 4 heteroatoms. The van der Waals surface area contributed by atoms with Gasteiger partial charge in [0.1, 0.15) is 0 Å². The van der Waals surface area contributed by atoms with Crippen LogP contribution in [-0.4, -0.2) is 23.0 Å². The summed E-state index contributed by atoms with van der Waals surface area (Å²) in [7, 11) is 0. The highest BCUT2D eigenvalue weighted by Crippen LogP contribution is 2.26. The number of nitrogens with one attached hydrogen (secondary N) is 1. The van der Waals surface area contributed by atoms with Crippen LogP contribution in [0.4, 0.5) is 0 Å². The number of benzene rings is 2. The van der Waals surface area contributed by atoms with Crippen molar-refractivity contribution in [1.82, 2.24) is 5.32 Å². The molecule has 3 rings (SSSR count). The predicted molar refractivity (Wildman–Crippen MR) is 84.6 cm³/mol. The Morgan fingerprint density at radius 3 is 2.64 bits per heavy atom. The van der Waals surface area contributed by atoms with E-state index in [-0.39, 0.29) is 17.9 Å². The van der Waals surface area contributed by atoms with Crippen LogP contribution in [0.3, 0.4) is 0 Å². The number of carboxylic acid groups (broad SMARTS) is 1. The summed E-state index contributed by atoms with van der Waals surface area (Å²) in [5, 5.41) is 14.2. The maximum Gasteiger partial charge on any atom is 0.306 e. The lowest BCUT2D eigenvalue weighted by Crippen LogP contribution is -2.34. The van der Waals surface area contributed by atoms with Crippen LogP contribution in [0, 0.1) is 5.92 Å². The summed E-state index contributed by atoms with van der Waals surface area (Å²) in [4.78, 5) is 23.2. The second-order valence-electron chi connectivity index (χ2n) is 5.93. The summed E-state index contributed by atoms with van der Waals surface area (Å²) >= 11 is 0. The molecule has 0 radical (unpaired) electrons. The van der Waals surface area contributed by atoms with Gasteiger partial charge in [0.15, 0.2) is 0 Å². The van der Waals surface area contributed by atoms with E-state index in [1.807, 2.05) is 42.5 Å². The van der Waals surface area contributed by atoms with E-state index in [1.54, 1.807) is 0 Å². The molecule has 1 aliphatic carbocycles. The maximum absolute atomic E-state index is 12.2. The van der Waals surface area contributed by atoms with Gasteiger partial charge < -0.3 is 10.4 Å². The number of hydrogen-bond acceptors (Lipinski definition) is 2. The molecular formula is C18H19NO3. The van der Waals surface area contributed by atoms with Gasteiger partial charge >= 0.3 is 5.97 Å². The third-order valence-corrected chi connectivity index (χ3v) is 4.38. The lowest BCUT2D eigenvalue weighted by molar-refractivity contribution is -0.141. The largest absolute Gasteiger partial charge is 0.481 e. The van der Waals surface area contributed by atoms with E-state index >= 15 is 0 Å². The molecule has 0 spiro atoms. The first kappa shape index (κ1) is 14.6. The van der Waals surface area contributed by atoms with Gasteiger partial charge in [-0.15, -0.1) is 0 Å². The normalized spacial score (nSPS) is 20.9. The van der Waals surface area contributed by atoms with Gasteiger partial charge in [0.25, 0.3) is 0 Å². The van der Waals surface area contributed by atoms with Crippen LogP contribution >= 0.6 is 0 Å². The number of aliphatic carboxylic acids is 1. The van der Waals surface area contributed by atoms with E-state index in [9.17, 15) is 9.59 Å². The van der Waals surface area contributed by atoms with Crippen molar-refractivity contribution in [3.05, 3.63) is 48.0 Å². The van der Waals surface area contributed by atoms with Crippen molar-refractivity contribution in [1.29, 1.82) is 0 Å². The zero-order chi connectivity index (χ0) is 15.5. The summed E-state index contributed by atoms with van der Waals surface area (Å²) in [6, 6.07) is 14.0. The van der Waals surface area contributed by atoms with Gasteiger partial charge in [-0.1, -0.05) is 42.5 Å². The highest BCUT2D eigenvalue weighted by Gasteiger charge is 2.30. The third-order valence-electron chi connectivity index (χ3n) is 4.38. The van der Waals surface area contributed by atoms with Crippen LogP contribution in [-0.2, 0) is 16.0 Å². The van der Waals surface area contributed by atoms with E-state index < -0.39 is 5.97 Å². The molecule has 1 saturated carbocycles. The highest BCUT2D eigenvalue weighted by atomic mass is 16.4. The molecule has 2 atom stereocenters. The summed E-state index contributed by atoms with van der Waals surface area (Å²) in [5.41, 5.74) is 1.00. The number of carboxylic acids is 1. The lowest BCUT2D eigenvalue weighted by Gasteiger charge is -2.13. The van der Waals surface area contributed by atoms with Gasteiger partial charge in [0.2, 0.25) is 5.91 Å². The summed E-state index contributed by atoms with van der Waals surface area (Å²) in [5.74, 6) is -1.11. The van der Waals surface area contributed by atoms with Gasteiger partial charge in [0.05, 0.1) is 12.3 Å². The molecule has 0 aromatic heterocycles. The van der Waals surface area contributed by atoms with Gasteiger partial charge in [-0.3, -0.25) is 9.59 Å². The Morgan fingerprint density at radius 2 is 1.86 bits per heavy atom. The molecular weight excluding hydrogens is 278 g/mol. The topological polar surface area (TPSA) is 66.4 Å². The fraction of sp³-hybridized carbons (Fsp3) is 0.333. The van der Waals surface area contributed by atoms with E-state index in [0.717, 1.165) is 22.8 Å². The number of hydrogen-bond donors (Lipinski definition) is 2. The van der Waals surface area contributed by atoms with E-state index in [0.29, 0.717) is 19.3 Å². The number of amides is 1. The van der Waals surface area contributed by atoms with Crippen molar-refractivity contribution < 1.29 is 14.7 Å². The molecule has 2 N–H and O–H groups in total. The smallest absolute Gasteiger partial charge is 0.306 e. The fourth-order valence-electron chi connectivity index (χ4n) is 3.24. The van der Waals surface area contributed by atoms with Crippen molar-refractivity contribution in [3.63, 3.8) is 0 Å². The van der Waals surface area contributed by atoms with Gasteiger partial charge in [0, 0.05) is 6.04 Å². The first-order valence-electron chi connectivity index (χ1n) is 7.62. The molecule has 4 nitrogen and oxygen atoms in total.